The van der Waals surface area contributed by atoms with Crippen molar-refractivity contribution in [1.82, 2.24) is 0 Å². The van der Waals surface area contributed by atoms with Crippen LogP contribution in [0.4, 0.5) is 0 Å². The van der Waals surface area contributed by atoms with E-state index in [-0.39, 0.29) is 17.8 Å². The smallest absolute Gasteiger partial charge is 0.330 e. The van der Waals surface area contributed by atoms with Crippen LogP contribution in [-0.2, 0) is 14.3 Å². The Balaban J connectivity index is 2.41. The summed E-state index contributed by atoms with van der Waals surface area (Å²) >= 11 is 0. The van der Waals surface area contributed by atoms with E-state index in [0.29, 0.717) is 0 Å². The minimum atomic E-state index is -0.701. The van der Waals surface area contributed by atoms with E-state index in [4.69, 9.17) is 10.5 Å². The quantitative estimate of drug-likeness (QED) is 0.587. The molecule has 0 aromatic carbocycles. The SMILES string of the molecule is CC(C)[C@H](N)C(=O)OC(=O)C1CCCCC1. The van der Waals surface area contributed by atoms with Gasteiger partial charge < -0.3 is 10.5 Å². The summed E-state index contributed by atoms with van der Waals surface area (Å²) < 4.78 is 4.81. The average Bonchev–Trinajstić information content (AvgIpc) is 2.28. The first-order valence-corrected chi connectivity index (χ1v) is 6.03. The lowest BCUT2D eigenvalue weighted by atomic mass is 9.89. The standard InChI is InChI=1S/C12H21NO3/c1-8(2)10(13)12(15)16-11(14)9-6-4-3-5-7-9/h8-10H,3-7,13H2,1-2H3/t10-/m0/s1. The molecule has 1 saturated carbocycles. The summed E-state index contributed by atoms with van der Waals surface area (Å²) in [6.45, 7) is 3.66. The van der Waals surface area contributed by atoms with E-state index in [1.807, 2.05) is 13.8 Å². The van der Waals surface area contributed by atoms with Gasteiger partial charge in [-0.25, -0.2) is 4.79 Å². The van der Waals surface area contributed by atoms with Crippen molar-refractivity contribution in [3.63, 3.8) is 0 Å². The van der Waals surface area contributed by atoms with Crippen LogP contribution in [0.5, 0.6) is 0 Å². The van der Waals surface area contributed by atoms with Gasteiger partial charge in [-0.15, -0.1) is 0 Å². The van der Waals surface area contributed by atoms with Crippen molar-refractivity contribution in [1.29, 1.82) is 0 Å². The Kier molecular flexibility index (Phi) is 4.93. The molecule has 1 rings (SSSR count). The normalized spacial score (nSPS) is 19.5. The molecule has 0 saturated heterocycles. The van der Waals surface area contributed by atoms with Gasteiger partial charge in [-0.3, -0.25) is 4.79 Å². The van der Waals surface area contributed by atoms with Crippen LogP contribution in [-0.4, -0.2) is 18.0 Å². The minimum Gasteiger partial charge on any atom is -0.392 e. The predicted molar refractivity (Wildman–Crippen MR) is 60.5 cm³/mol. The zero-order valence-corrected chi connectivity index (χ0v) is 10.1. The van der Waals surface area contributed by atoms with Gasteiger partial charge in [-0.1, -0.05) is 33.1 Å². The summed E-state index contributed by atoms with van der Waals surface area (Å²) in [5, 5.41) is 0. The molecule has 1 aliphatic carbocycles. The molecule has 0 aromatic heterocycles. The number of carbonyl (C=O) groups is 2. The van der Waals surface area contributed by atoms with E-state index in [0.717, 1.165) is 25.7 Å². The number of nitrogens with two attached hydrogens (primary N) is 1. The van der Waals surface area contributed by atoms with Gasteiger partial charge in [0.15, 0.2) is 0 Å². The van der Waals surface area contributed by atoms with E-state index >= 15 is 0 Å². The number of hydrogen-bond acceptors (Lipinski definition) is 4. The molecule has 92 valence electrons. The van der Waals surface area contributed by atoms with Crippen molar-refractivity contribution in [2.24, 2.45) is 17.6 Å². The van der Waals surface area contributed by atoms with Gasteiger partial charge in [0.25, 0.3) is 0 Å². The number of carbonyl (C=O) groups excluding carboxylic acids is 2. The number of ether oxygens (including phenoxy) is 1. The lowest BCUT2D eigenvalue weighted by Crippen LogP contribution is -2.39. The zero-order chi connectivity index (χ0) is 12.1. The molecule has 0 spiro atoms. The van der Waals surface area contributed by atoms with Crippen LogP contribution in [0, 0.1) is 11.8 Å². The van der Waals surface area contributed by atoms with E-state index < -0.39 is 12.0 Å². The van der Waals surface area contributed by atoms with Crippen molar-refractivity contribution in [2.75, 3.05) is 0 Å². The highest BCUT2D eigenvalue weighted by Crippen LogP contribution is 2.24. The molecular formula is C12H21NO3. The Labute approximate surface area is 96.5 Å². The Bertz CT molecular complexity index is 257. The lowest BCUT2D eigenvalue weighted by molar-refractivity contribution is -0.164. The molecule has 0 aliphatic heterocycles. The second kappa shape index (κ2) is 5.99. The van der Waals surface area contributed by atoms with E-state index in [9.17, 15) is 9.59 Å². The van der Waals surface area contributed by atoms with E-state index in [2.05, 4.69) is 0 Å². The summed E-state index contributed by atoms with van der Waals surface area (Å²) in [6, 6.07) is -0.701. The van der Waals surface area contributed by atoms with Crippen molar-refractivity contribution >= 4 is 11.9 Å². The molecule has 0 radical (unpaired) electrons. The highest BCUT2D eigenvalue weighted by molar-refractivity contribution is 5.89. The van der Waals surface area contributed by atoms with Gasteiger partial charge in [-0.05, 0) is 18.8 Å². The van der Waals surface area contributed by atoms with E-state index in [1.165, 1.54) is 6.42 Å². The molecule has 0 bridgehead atoms. The minimum absolute atomic E-state index is 0.00773. The first-order valence-electron chi connectivity index (χ1n) is 6.03. The third kappa shape index (κ3) is 3.59. The van der Waals surface area contributed by atoms with Crippen LogP contribution in [0.15, 0.2) is 0 Å². The molecule has 1 atom stereocenters. The third-order valence-corrected chi connectivity index (χ3v) is 3.13. The molecule has 1 fully saturated rings. The number of esters is 2. The maximum absolute atomic E-state index is 11.6. The largest absolute Gasteiger partial charge is 0.392 e. The second-order valence-corrected chi connectivity index (χ2v) is 4.84. The molecule has 0 heterocycles. The van der Waals surface area contributed by atoms with Gasteiger partial charge in [-0.2, -0.15) is 0 Å². The van der Waals surface area contributed by atoms with Crippen LogP contribution < -0.4 is 5.73 Å². The summed E-state index contributed by atoms with van der Waals surface area (Å²) in [6.07, 6.45) is 4.93. The molecule has 2 N–H and O–H groups in total. The van der Waals surface area contributed by atoms with Gasteiger partial charge in [0.1, 0.15) is 6.04 Å². The fourth-order valence-corrected chi connectivity index (χ4v) is 1.86. The molecule has 1 aliphatic rings. The maximum Gasteiger partial charge on any atom is 0.330 e. The highest BCUT2D eigenvalue weighted by atomic mass is 16.6. The second-order valence-electron chi connectivity index (χ2n) is 4.84. The Morgan fingerprint density at radius 1 is 1.19 bits per heavy atom. The highest BCUT2D eigenvalue weighted by Gasteiger charge is 2.27. The Morgan fingerprint density at radius 3 is 2.25 bits per heavy atom. The average molecular weight is 227 g/mol. The number of rotatable bonds is 3. The monoisotopic (exact) mass is 227 g/mol. The lowest BCUT2D eigenvalue weighted by Gasteiger charge is -2.20. The van der Waals surface area contributed by atoms with Crippen molar-refractivity contribution < 1.29 is 14.3 Å². The molecule has 0 aromatic rings. The fourth-order valence-electron chi connectivity index (χ4n) is 1.86. The molecule has 4 nitrogen and oxygen atoms in total. The Morgan fingerprint density at radius 2 is 1.75 bits per heavy atom. The van der Waals surface area contributed by atoms with Gasteiger partial charge in [0.2, 0.25) is 0 Å². The predicted octanol–water partition coefficient (Wildman–Crippen LogP) is 1.62. The summed E-state index contributed by atoms with van der Waals surface area (Å²) in [5.74, 6) is -1.09. The van der Waals surface area contributed by atoms with Gasteiger partial charge >= 0.3 is 11.9 Å². The van der Waals surface area contributed by atoms with Crippen LogP contribution in [0.3, 0.4) is 0 Å². The van der Waals surface area contributed by atoms with Crippen LogP contribution in [0.1, 0.15) is 46.0 Å². The molecule has 0 unspecified atom stereocenters. The van der Waals surface area contributed by atoms with Crippen LogP contribution in [0.2, 0.25) is 0 Å². The van der Waals surface area contributed by atoms with Crippen LogP contribution >= 0.6 is 0 Å². The van der Waals surface area contributed by atoms with Gasteiger partial charge in [0.05, 0.1) is 5.92 Å². The Hall–Kier alpha value is -0.900. The molecular weight excluding hydrogens is 206 g/mol. The van der Waals surface area contributed by atoms with Gasteiger partial charge in [0, 0.05) is 0 Å². The van der Waals surface area contributed by atoms with Crippen LogP contribution in [0.25, 0.3) is 0 Å². The zero-order valence-electron chi connectivity index (χ0n) is 10.1. The van der Waals surface area contributed by atoms with Crippen molar-refractivity contribution in [3.05, 3.63) is 0 Å². The fraction of sp³-hybridized carbons (Fsp3) is 0.833. The van der Waals surface area contributed by atoms with E-state index in [1.54, 1.807) is 0 Å². The summed E-state index contributed by atoms with van der Waals surface area (Å²) in [7, 11) is 0. The third-order valence-electron chi connectivity index (χ3n) is 3.13. The molecule has 0 amide bonds. The topological polar surface area (TPSA) is 69.4 Å². The first-order chi connectivity index (χ1) is 7.52. The maximum atomic E-state index is 11.6. The summed E-state index contributed by atoms with van der Waals surface area (Å²) in [4.78, 5) is 23.1. The van der Waals surface area contributed by atoms with Crippen molar-refractivity contribution in [3.8, 4) is 0 Å². The number of hydrogen-bond donors (Lipinski definition) is 1. The first kappa shape index (κ1) is 13.2. The molecule has 4 heteroatoms. The van der Waals surface area contributed by atoms with Crippen molar-refractivity contribution in [2.45, 2.75) is 52.0 Å². The molecule has 16 heavy (non-hydrogen) atoms. The summed E-state index contributed by atoms with van der Waals surface area (Å²) in [5.41, 5.74) is 5.61.